The normalized spacial score (nSPS) is 16.2. The SMILES string of the molecule is CCCCc1c(N2CCC(c3noc4cc(F)ccc34)CC2)ccc2c1C(=O)NC2=O.Cl. The molecule has 1 fully saturated rings. The Bertz CT molecular complexity index is 1180. The van der Waals surface area contributed by atoms with Crippen LogP contribution in [0, 0.1) is 5.82 Å². The second-order valence-corrected chi connectivity index (χ2v) is 8.34. The number of unbranched alkanes of at least 4 members (excludes halogenated alkanes) is 1. The second kappa shape index (κ2) is 8.90. The van der Waals surface area contributed by atoms with Gasteiger partial charge in [0.2, 0.25) is 0 Å². The van der Waals surface area contributed by atoms with E-state index in [9.17, 15) is 14.0 Å². The Balaban J connectivity index is 0.00000245. The maximum atomic E-state index is 13.5. The van der Waals surface area contributed by atoms with Crippen molar-refractivity contribution in [1.82, 2.24) is 10.5 Å². The number of nitrogens with one attached hydrogen (secondary N) is 1. The zero-order valence-electron chi connectivity index (χ0n) is 17.8. The Morgan fingerprint density at radius 3 is 2.69 bits per heavy atom. The number of piperidine rings is 1. The predicted molar refractivity (Wildman–Crippen MR) is 122 cm³/mol. The number of imide groups is 1. The number of halogens is 2. The minimum absolute atomic E-state index is 0. The molecule has 168 valence electrons. The average Bonchev–Trinajstić information content (AvgIpc) is 3.32. The zero-order chi connectivity index (χ0) is 21.5. The maximum absolute atomic E-state index is 13.5. The van der Waals surface area contributed by atoms with Crippen LogP contribution < -0.4 is 10.2 Å². The number of carbonyl (C=O) groups is 2. The molecule has 8 heteroatoms. The monoisotopic (exact) mass is 457 g/mol. The first kappa shape index (κ1) is 22.3. The highest BCUT2D eigenvalue weighted by molar-refractivity contribution is 6.22. The Labute approximate surface area is 191 Å². The fourth-order valence-corrected chi connectivity index (χ4v) is 4.84. The molecule has 0 radical (unpaired) electrons. The quantitative estimate of drug-likeness (QED) is 0.546. The van der Waals surface area contributed by atoms with Crippen LogP contribution in [0.3, 0.4) is 0 Å². The standard InChI is InChI=1S/C24H24FN3O3.ClH/c1-2-3-4-16-19(8-7-18-21(16)24(30)26-23(18)29)28-11-9-14(10-12-28)22-17-6-5-15(25)13-20(17)31-27-22;/h5-8,13-14H,2-4,9-12H2,1H3,(H,26,29,30);1H. The number of rotatable bonds is 5. The van der Waals surface area contributed by atoms with Gasteiger partial charge in [0.15, 0.2) is 5.58 Å². The van der Waals surface area contributed by atoms with Gasteiger partial charge in [0.1, 0.15) is 5.82 Å². The van der Waals surface area contributed by atoms with Crippen molar-refractivity contribution in [3.05, 3.63) is 58.5 Å². The molecule has 1 aromatic heterocycles. The van der Waals surface area contributed by atoms with Gasteiger partial charge in [-0.05, 0) is 55.5 Å². The summed E-state index contributed by atoms with van der Waals surface area (Å²) in [5, 5.41) is 7.54. The fraction of sp³-hybridized carbons (Fsp3) is 0.375. The first-order valence-electron chi connectivity index (χ1n) is 10.9. The van der Waals surface area contributed by atoms with E-state index in [1.54, 1.807) is 12.1 Å². The second-order valence-electron chi connectivity index (χ2n) is 8.34. The van der Waals surface area contributed by atoms with E-state index < -0.39 is 0 Å². The summed E-state index contributed by atoms with van der Waals surface area (Å²) in [6.07, 6.45) is 4.52. The third-order valence-electron chi connectivity index (χ3n) is 6.45. The molecule has 2 amide bonds. The molecule has 0 atom stereocenters. The molecule has 3 heterocycles. The van der Waals surface area contributed by atoms with Crippen molar-refractivity contribution in [2.75, 3.05) is 18.0 Å². The molecule has 2 aliphatic rings. The average molecular weight is 458 g/mol. The summed E-state index contributed by atoms with van der Waals surface area (Å²) in [7, 11) is 0. The van der Waals surface area contributed by atoms with Gasteiger partial charge in [0.25, 0.3) is 11.8 Å². The highest BCUT2D eigenvalue weighted by atomic mass is 35.5. The van der Waals surface area contributed by atoms with E-state index in [1.807, 2.05) is 6.07 Å². The molecule has 2 aromatic carbocycles. The van der Waals surface area contributed by atoms with E-state index >= 15 is 0 Å². The van der Waals surface area contributed by atoms with E-state index in [2.05, 4.69) is 22.3 Å². The first-order valence-corrected chi connectivity index (χ1v) is 10.9. The van der Waals surface area contributed by atoms with Gasteiger partial charge in [-0.3, -0.25) is 14.9 Å². The lowest BCUT2D eigenvalue weighted by Gasteiger charge is -2.34. The van der Waals surface area contributed by atoms with Crippen LogP contribution >= 0.6 is 12.4 Å². The van der Waals surface area contributed by atoms with Gasteiger partial charge < -0.3 is 9.42 Å². The molecule has 0 aliphatic carbocycles. The predicted octanol–water partition coefficient (Wildman–Crippen LogP) is 5.00. The van der Waals surface area contributed by atoms with Crippen LogP contribution in [0.5, 0.6) is 0 Å². The van der Waals surface area contributed by atoms with Crippen molar-refractivity contribution in [2.24, 2.45) is 0 Å². The third-order valence-corrected chi connectivity index (χ3v) is 6.45. The molecule has 3 aromatic rings. The summed E-state index contributed by atoms with van der Waals surface area (Å²) < 4.78 is 18.8. The molecular formula is C24H25ClFN3O3. The first-order chi connectivity index (χ1) is 15.1. The summed E-state index contributed by atoms with van der Waals surface area (Å²) in [5.41, 5.74) is 4.41. The number of benzene rings is 2. The summed E-state index contributed by atoms with van der Waals surface area (Å²) in [4.78, 5) is 26.9. The molecule has 0 saturated carbocycles. The highest BCUT2D eigenvalue weighted by Crippen LogP contribution is 2.37. The third kappa shape index (κ3) is 3.75. The van der Waals surface area contributed by atoms with E-state index in [0.717, 1.165) is 67.5 Å². The van der Waals surface area contributed by atoms with Gasteiger partial charge in [-0.25, -0.2) is 4.39 Å². The van der Waals surface area contributed by atoms with E-state index in [0.29, 0.717) is 16.7 Å². The summed E-state index contributed by atoms with van der Waals surface area (Å²) in [5.74, 6) is -0.688. The van der Waals surface area contributed by atoms with Gasteiger partial charge in [-0.1, -0.05) is 18.5 Å². The number of hydrogen-bond donors (Lipinski definition) is 1. The fourth-order valence-electron chi connectivity index (χ4n) is 4.84. The number of fused-ring (bicyclic) bond motifs is 2. The van der Waals surface area contributed by atoms with Crippen molar-refractivity contribution in [1.29, 1.82) is 0 Å². The largest absolute Gasteiger partial charge is 0.371 e. The van der Waals surface area contributed by atoms with Crippen molar-refractivity contribution in [3.63, 3.8) is 0 Å². The summed E-state index contributed by atoms with van der Waals surface area (Å²) in [6, 6.07) is 8.30. The van der Waals surface area contributed by atoms with Crippen LogP contribution in [0.2, 0.25) is 0 Å². The van der Waals surface area contributed by atoms with Crippen molar-refractivity contribution >= 4 is 40.9 Å². The number of carbonyl (C=O) groups excluding carboxylic acids is 2. The minimum Gasteiger partial charge on any atom is -0.371 e. The summed E-state index contributed by atoms with van der Waals surface area (Å²) in [6.45, 7) is 3.75. The van der Waals surface area contributed by atoms with Crippen molar-refractivity contribution < 1.29 is 18.5 Å². The highest BCUT2D eigenvalue weighted by Gasteiger charge is 2.33. The number of hydrogen-bond acceptors (Lipinski definition) is 5. The molecule has 1 saturated heterocycles. The number of anilines is 1. The Hall–Kier alpha value is -2.93. The van der Waals surface area contributed by atoms with Gasteiger partial charge in [0, 0.05) is 36.1 Å². The van der Waals surface area contributed by atoms with Crippen LogP contribution in [0.15, 0.2) is 34.9 Å². The van der Waals surface area contributed by atoms with Crippen molar-refractivity contribution in [2.45, 2.75) is 44.9 Å². The number of amides is 2. The molecular weight excluding hydrogens is 433 g/mol. The molecule has 0 bridgehead atoms. The van der Waals surface area contributed by atoms with Crippen molar-refractivity contribution in [3.8, 4) is 0 Å². The molecule has 1 N–H and O–H groups in total. The van der Waals surface area contributed by atoms with E-state index in [1.165, 1.54) is 12.1 Å². The van der Waals surface area contributed by atoms with E-state index in [-0.39, 0.29) is 36.0 Å². The molecule has 6 nitrogen and oxygen atoms in total. The van der Waals surface area contributed by atoms with Gasteiger partial charge >= 0.3 is 0 Å². The van der Waals surface area contributed by atoms with Crippen LogP contribution in [-0.2, 0) is 6.42 Å². The minimum atomic E-state index is -0.330. The smallest absolute Gasteiger partial charge is 0.259 e. The Morgan fingerprint density at radius 1 is 1.16 bits per heavy atom. The lowest BCUT2D eigenvalue weighted by molar-refractivity contribution is 0.0879. The lowest BCUT2D eigenvalue weighted by Crippen LogP contribution is -2.34. The van der Waals surface area contributed by atoms with Gasteiger partial charge in [-0.15, -0.1) is 12.4 Å². The lowest BCUT2D eigenvalue weighted by atomic mass is 9.90. The maximum Gasteiger partial charge on any atom is 0.259 e. The zero-order valence-corrected chi connectivity index (χ0v) is 18.6. The van der Waals surface area contributed by atoms with E-state index in [4.69, 9.17) is 4.52 Å². The van der Waals surface area contributed by atoms with Gasteiger partial charge in [-0.2, -0.15) is 0 Å². The Morgan fingerprint density at radius 2 is 1.94 bits per heavy atom. The molecule has 2 aliphatic heterocycles. The Kier molecular flexibility index (Phi) is 6.20. The molecule has 5 rings (SSSR count). The summed E-state index contributed by atoms with van der Waals surface area (Å²) >= 11 is 0. The molecule has 0 unspecified atom stereocenters. The number of nitrogens with zero attached hydrogens (tertiary/aromatic N) is 2. The van der Waals surface area contributed by atoms with Gasteiger partial charge in [0.05, 0.1) is 16.8 Å². The molecule has 32 heavy (non-hydrogen) atoms. The van der Waals surface area contributed by atoms with Crippen LogP contribution in [0.1, 0.15) is 70.5 Å². The molecule has 0 spiro atoms. The topological polar surface area (TPSA) is 75.4 Å². The van der Waals surface area contributed by atoms with Crippen LogP contribution in [0.25, 0.3) is 11.0 Å². The van der Waals surface area contributed by atoms with Crippen LogP contribution in [-0.4, -0.2) is 30.1 Å². The number of aromatic nitrogens is 1. The van der Waals surface area contributed by atoms with Crippen LogP contribution in [0.4, 0.5) is 10.1 Å².